The monoisotopic (exact) mass is 550 g/mol. The van der Waals surface area contributed by atoms with Gasteiger partial charge in [-0.15, -0.1) is 0 Å². The number of rotatable bonds is 18. The molecule has 0 aliphatic carbocycles. The summed E-state index contributed by atoms with van der Waals surface area (Å²) in [6.45, 7) is 9.42. The second kappa shape index (κ2) is 18.3. The van der Waals surface area contributed by atoms with E-state index in [0.717, 1.165) is 36.1 Å². The summed E-state index contributed by atoms with van der Waals surface area (Å²) < 4.78 is 18.1. The smallest absolute Gasteiger partial charge is 0.338 e. The topological polar surface area (TPSA) is 44.8 Å². The highest BCUT2D eigenvalue weighted by molar-refractivity contribution is 5.90. The van der Waals surface area contributed by atoms with Crippen molar-refractivity contribution in [2.45, 2.75) is 136 Å². The number of hydrogen-bond donors (Lipinski definition) is 0. The normalized spacial score (nSPS) is 19.9. The van der Waals surface area contributed by atoms with E-state index in [-0.39, 0.29) is 24.5 Å². The molecule has 0 bridgehead atoms. The van der Waals surface area contributed by atoms with Crippen molar-refractivity contribution >= 4 is 5.97 Å². The highest BCUT2D eigenvalue weighted by Crippen LogP contribution is 2.33. The van der Waals surface area contributed by atoms with Crippen LogP contribution in [-0.4, -0.2) is 24.8 Å². The Kier molecular flexibility index (Phi) is 14.8. The molecule has 1 fully saturated rings. The van der Waals surface area contributed by atoms with Crippen LogP contribution in [0.15, 0.2) is 48.5 Å². The lowest BCUT2D eigenvalue weighted by atomic mass is 9.95. The third kappa shape index (κ3) is 11.0. The van der Waals surface area contributed by atoms with Crippen LogP contribution in [0.3, 0.4) is 0 Å². The van der Waals surface area contributed by atoms with Crippen LogP contribution in [0, 0.1) is 5.92 Å². The van der Waals surface area contributed by atoms with Gasteiger partial charge in [0.25, 0.3) is 0 Å². The molecule has 2 aromatic carbocycles. The van der Waals surface area contributed by atoms with E-state index in [1.54, 1.807) is 0 Å². The van der Waals surface area contributed by atoms with E-state index in [9.17, 15) is 4.79 Å². The summed E-state index contributed by atoms with van der Waals surface area (Å²) in [6.07, 6.45) is 17.5. The van der Waals surface area contributed by atoms with E-state index in [0.29, 0.717) is 11.5 Å². The Morgan fingerprint density at radius 3 is 1.95 bits per heavy atom. The second-order valence-corrected chi connectivity index (χ2v) is 11.8. The predicted molar refractivity (Wildman–Crippen MR) is 165 cm³/mol. The fraction of sp³-hybridized carbons (Fsp3) is 0.639. The molecule has 40 heavy (non-hydrogen) atoms. The Balaban J connectivity index is 1.41. The molecule has 4 heteroatoms. The molecule has 4 unspecified atom stereocenters. The zero-order valence-electron chi connectivity index (χ0n) is 25.7. The predicted octanol–water partition coefficient (Wildman–Crippen LogP) is 10.5. The Labute approximate surface area is 244 Å². The van der Waals surface area contributed by atoms with Crippen LogP contribution in [0.1, 0.15) is 140 Å². The zero-order valence-corrected chi connectivity index (χ0v) is 25.7. The first-order valence-electron chi connectivity index (χ1n) is 16.2. The maximum Gasteiger partial charge on any atom is 0.338 e. The largest absolute Gasteiger partial charge is 0.459 e. The van der Waals surface area contributed by atoms with Gasteiger partial charge in [-0.05, 0) is 56.4 Å². The highest BCUT2D eigenvalue weighted by atomic mass is 16.7. The third-order valence-corrected chi connectivity index (χ3v) is 8.30. The first-order chi connectivity index (χ1) is 19.5. The van der Waals surface area contributed by atoms with Crippen molar-refractivity contribution in [3.8, 4) is 11.1 Å². The van der Waals surface area contributed by atoms with Crippen LogP contribution in [0.2, 0.25) is 0 Å². The number of hydrogen-bond acceptors (Lipinski definition) is 4. The standard InChI is InChI=1S/C36H54O4/c1-5-7-9-11-12-13-14-16-18-34-27-38-36(40-29(34)4)33-25-21-31(22-26-33)30-19-23-32(24-20-30)35(37)39-28(3)17-15-10-8-6-2/h19-26,28-29,34,36H,5-18,27H2,1-4H3. The zero-order chi connectivity index (χ0) is 28.6. The van der Waals surface area contributed by atoms with Crippen molar-refractivity contribution in [1.82, 2.24) is 0 Å². The van der Waals surface area contributed by atoms with Crippen LogP contribution in [0.4, 0.5) is 0 Å². The van der Waals surface area contributed by atoms with Gasteiger partial charge in [0.1, 0.15) is 0 Å². The van der Waals surface area contributed by atoms with Gasteiger partial charge in [-0.1, -0.05) is 121 Å². The van der Waals surface area contributed by atoms with Crippen LogP contribution in [-0.2, 0) is 14.2 Å². The lowest BCUT2D eigenvalue weighted by Crippen LogP contribution is -2.34. The van der Waals surface area contributed by atoms with E-state index < -0.39 is 0 Å². The number of carbonyl (C=O) groups is 1. The summed E-state index contributed by atoms with van der Waals surface area (Å²) in [5, 5.41) is 0. The minimum absolute atomic E-state index is 0.0519. The average Bonchev–Trinajstić information content (AvgIpc) is 2.97. The van der Waals surface area contributed by atoms with Crippen molar-refractivity contribution in [2.75, 3.05) is 6.61 Å². The van der Waals surface area contributed by atoms with Crippen LogP contribution >= 0.6 is 0 Å². The van der Waals surface area contributed by atoms with Crippen LogP contribution in [0.5, 0.6) is 0 Å². The Morgan fingerprint density at radius 1 is 0.800 bits per heavy atom. The van der Waals surface area contributed by atoms with Crippen molar-refractivity contribution in [2.24, 2.45) is 5.92 Å². The molecule has 4 atom stereocenters. The molecule has 1 aliphatic rings. The van der Waals surface area contributed by atoms with Crippen molar-refractivity contribution < 1.29 is 19.0 Å². The molecule has 1 aliphatic heterocycles. The first kappa shape index (κ1) is 32.3. The minimum atomic E-state index is -0.306. The number of ether oxygens (including phenoxy) is 3. The molecule has 0 spiro atoms. The molecule has 0 N–H and O–H groups in total. The Hall–Kier alpha value is -2.17. The molecule has 2 aromatic rings. The van der Waals surface area contributed by atoms with Crippen molar-refractivity contribution in [3.05, 3.63) is 59.7 Å². The molecule has 0 saturated carbocycles. The SMILES string of the molecule is CCCCCCCCCCC1COC(c2ccc(-c3ccc(C(=O)OC(C)CCCCCC)cc3)cc2)OC1C. The van der Waals surface area contributed by atoms with Crippen LogP contribution < -0.4 is 0 Å². The van der Waals surface area contributed by atoms with Gasteiger partial charge in [0.2, 0.25) is 0 Å². The van der Waals surface area contributed by atoms with Gasteiger partial charge in [0.15, 0.2) is 6.29 Å². The van der Waals surface area contributed by atoms with Gasteiger partial charge in [-0.25, -0.2) is 4.79 Å². The average molecular weight is 551 g/mol. The first-order valence-corrected chi connectivity index (χ1v) is 16.2. The summed E-state index contributed by atoms with van der Waals surface area (Å²) in [6, 6.07) is 16.1. The van der Waals surface area contributed by atoms with Gasteiger partial charge in [-0.2, -0.15) is 0 Å². The Morgan fingerprint density at radius 2 is 1.35 bits per heavy atom. The van der Waals surface area contributed by atoms with Gasteiger partial charge >= 0.3 is 5.97 Å². The molecular formula is C36H54O4. The second-order valence-electron chi connectivity index (χ2n) is 11.8. The maximum atomic E-state index is 12.5. The van der Waals surface area contributed by atoms with Crippen molar-refractivity contribution in [1.29, 1.82) is 0 Å². The maximum absolute atomic E-state index is 12.5. The highest BCUT2D eigenvalue weighted by Gasteiger charge is 2.29. The lowest BCUT2D eigenvalue weighted by molar-refractivity contribution is -0.237. The fourth-order valence-electron chi connectivity index (χ4n) is 5.52. The molecule has 0 amide bonds. The molecule has 1 saturated heterocycles. The quantitative estimate of drug-likeness (QED) is 0.137. The van der Waals surface area contributed by atoms with Crippen LogP contribution in [0.25, 0.3) is 11.1 Å². The summed E-state index contributed by atoms with van der Waals surface area (Å²) in [7, 11) is 0. The van der Waals surface area contributed by atoms with Crippen molar-refractivity contribution in [3.63, 3.8) is 0 Å². The summed E-state index contributed by atoms with van der Waals surface area (Å²) in [4.78, 5) is 12.5. The molecule has 222 valence electrons. The van der Waals surface area contributed by atoms with Gasteiger partial charge in [0, 0.05) is 11.5 Å². The minimum Gasteiger partial charge on any atom is -0.459 e. The number of carbonyl (C=O) groups excluding carboxylic acids is 1. The molecule has 1 heterocycles. The number of unbranched alkanes of at least 4 members (excludes halogenated alkanes) is 10. The lowest BCUT2D eigenvalue weighted by Gasteiger charge is -2.35. The molecule has 3 rings (SSSR count). The molecule has 0 aromatic heterocycles. The van der Waals surface area contributed by atoms with E-state index >= 15 is 0 Å². The van der Waals surface area contributed by atoms with E-state index in [2.05, 4.69) is 45.0 Å². The van der Waals surface area contributed by atoms with E-state index in [4.69, 9.17) is 14.2 Å². The van der Waals surface area contributed by atoms with Gasteiger partial charge in [0.05, 0.1) is 24.4 Å². The van der Waals surface area contributed by atoms with E-state index in [1.807, 2.05) is 31.2 Å². The van der Waals surface area contributed by atoms with E-state index in [1.165, 1.54) is 77.0 Å². The van der Waals surface area contributed by atoms with Gasteiger partial charge in [-0.3, -0.25) is 0 Å². The van der Waals surface area contributed by atoms with Gasteiger partial charge < -0.3 is 14.2 Å². The number of benzene rings is 2. The number of esters is 1. The summed E-state index contributed by atoms with van der Waals surface area (Å²) >= 11 is 0. The molecule has 0 radical (unpaired) electrons. The summed E-state index contributed by atoms with van der Waals surface area (Å²) in [5.41, 5.74) is 3.82. The molecule has 4 nitrogen and oxygen atoms in total. The fourth-order valence-corrected chi connectivity index (χ4v) is 5.52. The third-order valence-electron chi connectivity index (χ3n) is 8.30. The Bertz CT molecular complexity index is 952. The summed E-state index contributed by atoms with van der Waals surface area (Å²) in [5.74, 6) is 0.233. The molecular weight excluding hydrogens is 496 g/mol.